The van der Waals surface area contributed by atoms with Gasteiger partial charge in [0.05, 0.1) is 19.8 Å². The van der Waals surface area contributed by atoms with Gasteiger partial charge in [0.25, 0.3) is 0 Å². The van der Waals surface area contributed by atoms with Crippen molar-refractivity contribution < 1.29 is 23.8 Å². The van der Waals surface area contributed by atoms with E-state index in [0.717, 1.165) is 4.90 Å². The summed E-state index contributed by atoms with van der Waals surface area (Å²) in [5.41, 5.74) is 1.43. The number of methoxy groups -OCH3 is 2. The number of carbonyl (C=O) groups is 2. The Morgan fingerprint density at radius 1 is 1.04 bits per heavy atom. The quantitative estimate of drug-likeness (QED) is 0.212. The van der Waals surface area contributed by atoms with Gasteiger partial charge in [-0.25, -0.2) is 4.79 Å². The molecule has 0 heterocycles. The molecular weight excluding hydrogens is 364 g/mol. The van der Waals surface area contributed by atoms with Crippen LogP contribution in [0.2, 0.25) is 0 Å². The van der Waals surface area contributed by atoms with Crippen LogP contribution in [0.4, 0.5) is 0 Å². The molecular formula is C21H22O5S. The minimum absolute atomic E-state index is 0.124. The summed E-state index contributed by atoms with van der Waals surface area (Å²) in [6, 6.07) is 12.4. The van der Waals surface area contributed by atoms with Crippen molar-refractivity contribution in [3.8, 4) is 11.5 Å². The Labute approximate surface area is 163 Å². The Hall–Kier alpha value is -2.73. The van der Waals surface area contributed by atoms with Gasteiger partial charge in [0.15, 0.2) is 5.78 Å². The van der Waals surface area contributed by atoms with Crippen molar-refractivity contribution in [3.05, 3.63) is 65.7 Å². The molecule has 2 aromatic rings. The second kappa shape index (κ2) is 9.83. The second-order valence-corrected chi connectivity index (χ2v) is 6.85. The van der Waals surface area contributed by atoms with E-state index in [2.05, 4.69) is 6.58 Å². The summed E-state index contributed by atoms with van der Waals surface area (Å²) in [5.74, 6) is 1.21. The number of benzene rings is 2. The topological polar surface area (TPSA) is 61.8 Å². The monoisotopic (exact) mass is 386 g/mol. The Morgan fingerprint density at radius 2 is 1.74 bits per heavy atom. The molecule has 2 rings (SSSR count). The van der Waals surface area contributed by atoms with Crippen molar-refractivity contribution in [1.82, 2.24) is 0 Å². The van der Waals surface area contributed by atoms with Gasteiger partial charge in [0.1, 0.15) is 18.1 Å². The zero-order valence-electron chi connectivity index (χ0n) is 15.6. The molecule has 0 aliphatic rings. The van der Waals surface area contributed by atoms with Crippen LogP contribution >= 0.6 is 11.8 Å². The third-order valence-electron chi connectivity index (χ3n) is 3.70. The first-order valence-corrected chi connectivity index (χ1v) is 9.27. The smallest absolute Gasteiger partial charge is 0.333 e. The molecule has 0 radical (unpaired) electrons. The van der Waals surface area contributed by atoms with Crippen LogP contribution in [0.3, 0.4) is 0 Å². The van der Waals surface area contributed by atoms with Crippen LogP contribution in [0.5, 0.6) is 11.5 Å². The summed E-state index contributed by atoms with van der Waals surface area (Å²) >= 11 is 1.54. The Bertz CT molecular complexity index is 827. The predicted octanol–water partition coefficient (Wildman–Crippen LogP) is 4.15. The number of hydrogen-bond acceptors (Lipinski definition) is 6. The number of carbonyl (C=O) groups excluding carboxylic acids is 2. The molecule has 27 heavy (non-hydrogen) atoms. The molecule has 2 aromatic carbocycles. The molecule has 0 saturated carbocycles. The van der Waals surface area contributed by atoms with Gasteiger partial charge >= 0.3 is 5.97 Å². The SMILES string of the molecule is C=C(C)C(=O)OCCSc1ccc(C(=O)c2ccc(OC)cc2OC)cc1. The third kappa shape index (κ3) is 5.62. The van der Waals surface area contributed by atoms with E-state index in [0.29, 0.717) is 40.6 Å². The van der Waals surface area contributed by atoms with E-state index in [9.17, 15) is 9.59 Å². The number of ether oxygens (including phenoxy) is 3. The maximum absolute atomic E-state index is 12.7. The molecule has 0 fully saturated rings. The zero-order chi connectivity index (χ0) is 19.8. The largest absolute Gasteiger partial charge is 0.497 e. The third-order valence-corrected chi connectivity index (χ3v) is 4.68. The van der Waals surface area contributed by atoms with E-state index in [1.807, 2.05) is 12.1 Å². The zero-order valence-corrected chi connectivity index (χ0v) is 16.4. The fraction of sp³-hybridized carbons (Fsp3) is 0.238. The van der Waals surface area contributed by atoms with E-state index in [-0.39, 0.29) is 11.8 Å². The maximum Gasteiger partial charge on any atom is 0.333 e. The van der Waals surface area contributed by atoms with Crippen molar-refractivity contribution in [2.24, 2.45) is 0 Å². The molecule has 0 bridgehead atoms. The second-order valence-electron chi connectivity index (χ2n) is 5.68. The lowest BCUT2D eigenvalue weighted by Gasteiger charge is -2.10. The Kier molecular flexibility index (Phi) is 7.49. The number of thioether (sulfide) groups is 1. The van der Waals surface area contributed by atoms with Gasteiger partial charge in [-0.05, 0) is 43.3 Å². The summed E-state index contributed by atoms with van der Waals surface area (Å²) in [7, 11) is 3.08. The normalized spacial score (nSPS) is 10.2. The van der Waals surface area contributed by atoms with E-state index in [4.69, 9.17) is 14.2 Å². The highest BCUT2D eigenvalue weighted by atomic mass is 32.2. The highest BCUT2D eigenvalue weighted by molar-refractivity contribution is 7.99. The first-order valence-electron chi connectivity index (χ1n) is 8.28. The fourth-order valence-corrected chi connectivity index (χ4v) is 2.99. The van der Waals surface area contributed by atoms with Crippen molar-refractivity contribution in [2.75, 3.05) is 26.6 Å². The molecule has 142 valence electrons. The van der Waals surface area contributed by atoms with Gasteiger partial charge in [-0.2, -0.15) is 0 Å². The summed E-state index contributed by atoms with van der Waals surface area (Å²) in [4.78, 5) is 25.0. The van der Waals surface area contributed by atoms with Gasteiger partial charge in [0, 0.05) is 27.9 Å². The molecule has 5 nitrogen and oxygen atoms in total. The number of hydrogen-bond donors (Lipinski definition) is 0. The van der Waals surface area contributed by atoms with Crippen LogP contribution in [-0.2, 0) is 9.53 Å². The van der Waals surface area contributed by atoms with Crippen LogP contribution < -0.4 is 9.47 Å². The lowest BCUT2D eigenvalue weighted by atomic mass is 10.0. The van der Waals surface area contributed by atoms with Gasteiger partial charge in [-0.15, -0.1) is 11.8 Å². The van der Waals surface area contributed by atoms with E-state index >= 15 is 0 Å². The summed E-state index contributed by atoms with van der Waals surface area (Å²) in [5, 5.41) is 0. The van der Waals surface area contributed by atoms with Gasteiger partial charge in [-0.3, -0.25) is 4.79 Å². The van der Waals surface area contributed by atoms with Gasteiger partial charge in [-0.1, -0.05) is 6.58 Å². The number of ketones is 1. The molecule has 0 atom stereocenters. The molecule has 0 amide bonds. The van der Waals surface area contributed by atoms with Crippen LogP contribution in [-0.4, -0.2) is 38.3 Å². The minimum Gasteiger partial charge on any atom is -0.497 e. The highest BCUT2D eigenvalue weighted by Gasteiger charge is 2.15. The first-order chi connectivity index (χ1) is 13.0. The highest BCUT2D eigenvalue weighted by Crippen LogP contribution is 2.27. The van der Waals surface area contributed by atoms with Gasteiger partial charge < -0.3 is 14.2 Å². The molecule has 0 aromatic heterocycles. The fourth-order valence-electron chi connectivity index (χ4n) is 2.26. The van der Waals surface area contributed by atoms with E-state index in [1.54, 1.807) is 56.1 Å². The Morgan fingerprint density at radius 3 is 2.33 bits per heavy atom. The number of esters is 1. The summed E-state index contributed by atoms with van der Waals surface area (Å²) in [6.07, 6.45) is 0. The van der Waals surface area contributed by atoms with Crippen molar-refractivity contribution in [1.29, 1.82) is 0 Å². The van der Waals surface area contributed by atoms with Crippen molar-refractivity contribution >= 4 is 23.5 Å². The van der Waals surface area contributed by atoms with Gasteiger partial charge in [0.2, 0.25) is 0 Å². The first kappa shape index (κ1) is 20.6. The molecule has 0 unspecified atom stereocenters. The molecule has 6 heteroatoms. The lowest BCUT2D eigenvalue weighted by molar-refractivity contribution is -0.138. The van der Waals surface area contributed by atoms with Crippen molar-refractivity contribution in [3.63, 3.8) is 0 Å². The average molecular weight is 386 g/mol. The van der Waals surface area contributed by atoms with Crippen molar-refractivity contribution in [2.45, 2.75) is 11.8 Å². The number of rotatable bonds is 9. The molecule has 0 aliphatic carbocycles. The maximum atomic E-state index is 12.7. The average Bonchev–Trinajstić information content (AvgIpc) is 2.70. The van der Waals surface area contributed by atoms with Crippen LogP contribution in [0, 0.1) is 0 Å². The summed E-state index contributed by atoms with van der Waals surface area (Å²) in [6.45, 7) is 5.46. The minimum atomic E-state index is -0.384. The molecule has 0 aliphatic heterocycles. The molecule has 0 spiro atoms. The van der Waals surface area contributed by atoms with Crippen LogP contribution in [0.15, 0.2) is 59.5 Å². The molecule has 0 saturated heterocycles. The molecule has 0 N–H and O–H groups in total. The summed E-state index contributed by atoms with van der Waals surface area (Å²) < 4.78 is 15.5. The van der Waals surface area contributed by atoms with E-state index < -0.39 is 0 Å². The standard InChI is InChI=1S/C21H22O5S/c1-14(2)21(23)26-11-12-27-17-8-5-15(6-9-17)20(22)18-10-7-16(24-3)13-19(18)25-4/h5-10,13H,1,11-12H2,2-4H3. The van der Waals surface area contributed by atoms with E-state index in [1.165, 1.54) is 7.11 Å². The Balaban J connectivity index is 1.99. The lowest BCUT2D eigenvalue weighted by Crippen LogP contribution is -2.07. The predicted molar refractivity (Wildman–Crippen MR) is 106 cm³/mol. The van der Waals surface area contributed by atoms with Crippen LogP contribution in [0.1, 0.15) is 22.8 Å². The van der Waals surface area contributed by atoms with Crippen LogP contribution in [0.25, 0.3) is 0 Å².